The summed E-state index contributed by atoms with van der Waals surface area (Å²) in [5.41, 5.74) is 2.84. The molecule has 0 bridgehead atoms. The first-order valence-electron chi connectivity index (χ1n) is 5.37. The highest BCUT2D eigenvalue weighted by molar-refractivity contribution is 7.85. The van der Waals surface area contributed by atoms with E-state index in [0.29, 0.717) is 5.56 Å². The van der Waals surface area contributed by atoms with Crippen molar-refractivity contribution >= 4 is 10.1 Å². The minimum absolute atomic E-state index is 0.0769. The maximum atomic E-state index is 10.9. The zero-order valence-corrected chi connectivity index (χ0v) is 10.3. The zero-order chi connectivity index (χ0) is 12.5. The number of nitriles is 1. The molecule has 0 aromatic heterocycles. The van der Waals surface area contributed by atoms with Gasteiger partial charge >= 0.3 is 0 Å². The van der Waals surface area contributed by atoms with Gasteiger partial charge in [-0.1, -0.05) is 6.07 Å². The van der Waals surface area contributed by atoms with Crippen molar-refractivity contribution < 1.29 is 12.6 Å². The van der Waals surface area contributed by atoms with Gasteiger partial charge in [-0.2, -0.15) is 13.7 Å². The first-order valence-corrected chi connectivity index (χ1v) is 7.18. The summed E-state index contributed by atoms with van der Waals surface area (Å²) in [5, 5.41) is 8.84. The van der Waals surface area contributed by atoms with Crippen molar-refractivity contribution in [2.75, 3.05) is 12.9 Å². The van der Waals surface area contributed by atoms with E-state index in [9.17, 15) is 8.42 Å². The number of rotatable bonds is 3. The monoisotopic (exact) mass is 251 g/mol. The summed E-state index contributed by atoms with van der Waals surface area (Å²) in [6.07, 6.45) is 2.84. The van der Waals surface area contributed by atoms with Crippen molar-refractivity contribution in [1.82, 2.24) is 0 Å². The summed E-state index contributed by atoms with van der Waals surface area (Å²) in [6, 6.07) is 7.65. The number of nitrogens with zero attached hydrogens (tertiary/aromatic N) is 1. The topological polar surface area (TPSA) is 67.2 Å². The zero-order valence-electron chi connectivity index (χ0n) is 9.51. The van der Waals surface area contributed by atoms with Crippen LogP contribution < -0.4 is 0 Å². The second-order valence-electron chi connectivity index (χ2n) is 4.25. The molecule has 1 aromatic rings. The van der Waals surface area contributed by atoms with E-state index in [4.69, 9.17) is 9.44 Å². The highest BCUT2D eigenvalue weighted by Crippen LogP contribution is 2.34. The van der Waals surface area contributed by atoms with Crippen molar-refractivity contribution in [3.05, 3.63) is 34.9 Å². The Labute approximate surface area is 101 Å². The van der Waals surface area contributed by atoms with E-state index in [-0.39, 0.29) is 12.5 Å². The fourth-order valence-corrected chi connectivity index (χ4v) is 2.55. The SMILES string of the molecule is CS(=O)(=O)OCC1CCc2ccc(C#N)cc21. The van der Waals surface area contributed by atoms with Gasteiger partial charge in [0.25, 0.3) is 10.1 Å². The largest absolute Gasteiger partial charge is 0.270 e. The summed E-state index contributed by atoms with van der Waals surface area (Å²) in [4.78, 5) is 0. The molecule has 1 aliphatic rings. The highest BCUT2D eigenvalue weighted by Gasteiger charge is 2.24. The average molecular weight is 251 g/mol. The Morgan fingerprint density at radius 2 is 2.29 bits per heavy atom. The highest BCUT2D eigenvalue weighted by atomic mass is 32.2. The molecule has 4 nitrogen and oxygen atoms in total. The fraction of sp³-hybridized carbons (Fsp3) is 0.417. The van der Waals surface area contributed by atoms with E-state index in [1.54, 1.807) is 6.07 Å². The first kappa shape index (κ1) is 12.1. The fourth-order valence-electron chi connectivity index (χ4n) is 2.14. The van der Waals surface area contributed by atoms with Crippen LogP contribution in [-0.2, 0) is 20.7 Å². The van der Waals surface area contributed by atoms with Crippen LogP contribution in [0.3, 0.4) is 0 Å². The van der Waals surface area contributed by atoms with Crippen LogP contribution in [0.15, 0.2) is 18.2 Å². The number of benzene rings is 1. The number of aryl methyl sites for hydroxylation is 1. The van der Waals surface area contributed by atoms with Gasteiger partial charge in [0, 0.05) is 5.92 Å². The molecule has 1 unspecified atom stereocenters. The van der Waals surface area contributed by atoms with Crippen molar-refractivity contribution in [1.29, 1.82) is 5.26 Å². The lowest BCUT2D eigenvalue weighted by Gasteiger charge is -2.10. The summed E-state index contributed by atoms with van der Waals surface area (Å²) < 4.78 is 26.7. The molecule has 0 saturated heterocycles. The number of fused-ring (bicyclic) bond motifs is 1. The molecule has 0 aliphatic heterocycles. The molecular weight excluding hydrogens is 238 g/mol. The van der Waals surface area contributed by atoms with Crippen LogP contribution in [0.4, 0.5) is 0 Å². The molecule has 2 rings (SSSR count). The lowest BCUT2D eigenvalue weighted by Crippen LogP contribution is -2.10. The molecule has 0 amide bonds. The average Bonchev–Trinajstić information content (AvgIpc) is 2.67. The Balaban J connectivity index is 2.19. The lowest BCUT2D eigenvalue weighted by molar-refractivity contribution is 0.294. The molecule has 0 spiro atoms. The van der Waals surface area contributed by atoms with E-state index in [2.05, 4.69) is 6.07 Å². The maximum Gasteiger partial charge on any atom is 0.264 e. The smallest absolute Gasteiger partial charge is 0.264 e. The summed E-state index contributed by atoms with van der Waals surface area (Å²) in [6.45, 7) is 0.167. The third-order valence-corrected chi connectivity index (χ3v) is 3.52. The standard InChI is InChI=1S/C12H13NO3S/c1-17(14,15)16-8-11-5-4-10-3-2-9(7-13)6-12(10)11/h2-3,6,11H,4-5,8H2,1H3. The molecule has 5 heteroatoms. The van der Waals surface area contributed by atoms with Gasteiger partial charge in [0.2, 0.25) is 0 Å². The molecule has 0 saturated carbocycles. The minimum atomic E-state index is -3.39. The minimum Gasteiger partial charge on any atom is -0.270 e. The van der Waals surface area contributed by atoms with Crippen molar-refractivity contribution in [3.8, 4) is 6.07 Å². The lowest BCUT2D eigenvalue weighted by atomic mass is 10.0. The molecule has 0 heterocycles. The predicted octanol–water partition coefficient (Wildman–Crippen LogP) is 1.56. The van der Waals surface area contributed by atoms with E-state index < -0.39 is 10.1 Å². The Bertz CT molecular complexity index is 572. The predicted molar refractivity (Wildman–Crippen MR) is 63.0 cm³/mol. The van der Waals surface area contributed by atoms with Crippen LogP contribution >= 0.6 is 0 Å². The van der Waals surface area contributed by atoms with Gasteiger partial charge in [-0.3, -0.25) is 4.18 Å². The van der Waals surface area contributed by atoms with E-state index in [0.717, 1.165) is 24.7 Å². The number of hydrogen-bond acceptors (Lipinski definition) is 4. The molecule has 1 aliphatic carbocycles. The Hall–Kier alpha value is -1.38. The molecule has 17 heavy (non-hydrogen) atoms. The summed E-state index contributed by atoms with van der Waals surface area (Å²) in [7, 11) is -3.39. The molecule has 0 radical (unpaired) electrons. The van der Waals surface area contributed by atoms with Gasteiger partial charge in [-0.05, 0) is 36.1 Å². The molecule has 90 valence electrons. The number of hydrogen-bond donors (Lipinski definition) is 0. The third-order valence-electron chi connectivity index (χ3n) is 2.96. The Morgan fingerprint density at radius 1 is 1.53 bits per heavy atom. The van der Waals surface area contributed by atoms with Gasteiger partial charge in [-0.15, -0.1) is 0 Å². The molecule has 1 atom stereocenters. The second kappa shape index (κ2) is 4.47. The van der Waals surface area contributed by atoms with Crippen LogP contribution in [0.25, 0.3) is 0 Å². The van der Waals surface area contributed by atoms with Gasteiger partial charge in [0.15, 0.2) is 0 Å². The van der Waals surface area contributed by atoms with E-state index >= 15 is 0 Å². The molecule has 0 N–H and O–H groups in total. The van der Waals surface area contributed by atoms with E-state index in [1.807, 2.05) is 12.1 Å². The molecular formula is C12H13NO3S. The van der Waals surface area contributed by atoms with E-state index in [1.165, 1.54) is 5.56 Å². The van der Waals surface area contributed by atoms with Crippen LogP contribution in [0.5, 0.6) is 0 Å². The van der Waals surface area contributed by atoms with Crippen LogP contribution in [-0.4, -0.2) is 21.3 Å². The van der Waals surface area contributed by atoms with Gasteiger partial charge < -0.3 is 0 Å². The first-order chi connectivity index (χ1) is 7.99. The van der Waals surface area contributed by atoms with Crippen molar-refractivity contribution in [2.45, 2.75) is 18.8 Å². The summed E-state index contributed by atoms with van der Waals surface area (Å²) in [5.74, 6) is 0.0769. The van der Waals surface area contributed by atoms with Gasteiger partial charge in [0.1, 0.15) is 0 Å². The Kier molecular flexibility index (Phi) is 3.18. The van der Waals surface area contributed by atoms with Gasteiger partial charge in [-0.25, -0.2) is 0 Å². The van der Waals surface area contributed by atoms with Crippen molar-refractivity contribution in [2.24, 2.45) is 0 Å². The van der Waals surface area contributed by atoms with Gasteiger partial charge in [0.05, 0.1) is 24.5 Å². The van der Waals surface area contributed by atoms with Crippen LogP contribution in [0.2, 0.25) is 0 Å². The third kappa shape index (κ3) is 2.84. The molecule has 1 aromatic carbocycles. The quantitative estimate of drug-likeness (QED) is 0.765. The van der Waals surface area contributed by atoms with Crippen LogP contribution in [0, 0.1) is 11.3 Å². The Morgan fingerprint density at radius 3 is 2.94 bits per heavy atom. The maximum absolute atomic E-state index is 10.9. The normalized spacial score (nSPS) is 18.7. The molecule has 0 fully saturated rings. The second-order valence-corrected chi connectivity index (χ2v) is 5.89. The summed E-state index contributed by atoms with van der Waals surface area (Å²) >= 11 is 0. The van der Waals surface area contributed by atoms with Crippen molar-refractivity contribution in [3.63, 3.8) is 0 Å². The van der Waals surface area contributed by atoms with Crippen LogP contribution in [0.1, 0.15) is 29.0 Å².